The van der Waals surface area contributed by atoms with Crippen molar-refractivity contribution in [3.05, 3.63) is 41.8 Å². The summed E-state index contributed by atoms with van der Waals surface area (Å²) in [5, 5.41) is 11.2. The minimum Gasteiger partial charge on any atom is -0.364 e. The molecule has 1 fully saturated rings. The zero-order chi connectivity index (χ0) is 14.5. The Morgan fingerprint density at radius 3 is 2.76 bits per heavy atom. The summed E-state index contributed by atoms with van der Waals surface area (Å²) in [6.07, 6.45) is 5.15. The predicted octanol–water partition coefficient (Wildman–Crippen LogP) is 2.61. The van der Waals surface area contributed by atoms with Gasteiger partial charge in [0.2, 0.25) is 5.95 Å². The van der Waals surface area contributed by atoms with Crippen molar-refractivity contribution in [1.29, 1.82) is 0 Å². The normalized spacial score (nSPS) is 15.0. The van der Waals surface area contributed by atoms with Crippen LogP contribution in [0.25, 0.3) is 0 Å². The van der Waals surface area contributed by atoms with E-state index in [4.69, 9.17) is 0 Å². The van der Waals surface area contributed by atoms with E-state index in [1.54, 1.807) is 18.3 Å². The lowest BCUT2D eigenvalue weighted by Gasteiger charge is -2.26. The molecule has 1 aliphatic heterocycles. The smallest absolute Gasteiger partial charge is 0.247 e. The van der Waals surface area contributed by atoms with E-state index in [-0.39, 0.29) is 5.82 Å². The Labute approximate surface area is 123 Å². The van der Waals surface area contributed by atoms with Crippen LogP contribution in [0, 0.1) is 5.82 Å². The van der Waals surface area contributed by atoms with Crippen LogP contribution in [-0.4, -0.2) is 28.3 Å². The molecule has 21 heavy (non-hydrogen) atoms. The van der Waals surface area contributed by atoms with Gasteiger partial charge in [-0.25, -0.2) is 4.39 Å². The van der Waals surface area contributed by atoms with Crippen LogP contribution in [0.1, 0.15) is 24.8 Å². The highest BCUT2D eigenvalue weighted by molar-refractivity contribution is 5.39. The summed E-state index contributed by atoms with van der Waals surface area (Å²) in [6.45, 7) is 2.32. The van der Waals surface area contributed by atoms with E-state index < -0.39 is 0 Å². The maximum Gasteiger partial charge on any atom is 0.247 e. The molecule has 0 aliphatic carbocycles. The number of halogens is 1. The quantitative estimate of drug-likeness (QED) is 0.936. The lowest BCUT2D eigenvalue weighted by atomic mass is 10.1. The molecule has 6 heteroatoms. The minimum absolute atomic E-state index is 0.219. The van der Waals surface area contributed by atoms with Gasteiger partial charge in [0.15, 0.2) is 5.82 Å². The van der Waals surface area contributed by atoms with E-state index in [2.05, 4.69) is 25.4 Å². The van der Waals surface area contributed by atoms with Crippen LogP contribution < -0.4 is 10.2 Å². The Kier molecular flexibility index (Phi) is 4.23. The molecule has 0 saturated carbocycles. The van der Waals surface area contributed by atoms with Gasteiger partial charge in [-0.1, -0.05) is 18.2 Å². The van der Waals surface area contributed by atoms with Crippen molar-refractivity contribution in [2.24, 2.45) is 0 Å². The van der Waals surface area contributed by atoms with Gasteiger partial charge in [-0.3, -0.25) is 0 Å². The average Bonchev–Trinajstić information content (AvgIpc) is 2.55. The molecule has 1 saturated heterocycles. The van der Waals surface area contributed by atoms with E-state index >= 15 is 0 Å². The molecule has 1 aliphatic rings. The zero-order valence-corrected chi connectivity index (χ0v) is 11.8. The lowest BCUT2D eigenvalue weighted by Crippen LogP contribution is -2.31. The first-order chi connectivity index (χ1) is 10.3. The van der Waals surface area contributed by atoms with E-state index in [1.165, 1.54) is 12.5 Å². The van der Waals surface area contributed by atoms with Crippen molar-refractivity contribution in [1.82, 2.24) is 15.2 Å². The molecule has 0 atom stereocenters. The van der Waals surface area contributed by atoms with Crippen LogP contribution in [-0.2, 0) is 6.54 Å². The van der Waals surface area contributed by atoms with Crippen molar-refractivity contribution in [2.45, 2.75) is 25.8 Å². The molecule has 0 amide bonds. The highest BCUT2D eigenvalue weighted by Crippen LogP contribution is 2.16. The monoisotopic (exact) mass is 287 g/mol. The third-order valence-electron chi connectivity index (χ3n) is 3.60. The molecular formula is C15H18FN5. The summed E-state index contributed by atoms with van der Waals surface area (Å²) in [5.74, 6) is 1.05. The second-order valence-corrected chi connectivity index (χ2v) is 5.13. The molecule has 0 radical (unpaired) electrons. The third-order valence-corrected chi connectivity index (χ3v) is 3.60. The number of nitrogens with one attached hydrogen (secondary N) is 1. The number of aromatic nitrogens is 3. The van der Waals surface area contributed by atoms with Crippen LogP contribution >= 0.6 is 0 Å². The summed E-state index contributed by atoms with van der Waals surface area (Å²) in [5.41, 5.74) is 0.607. The number of nitrogens with zero attached hydrogens (tertiary/aromatic N) is 4. The molecule has 1 aromatic heterocycles. The second kappa shape index (κ2) is 6.47. The molecule has 2 heterocycles. The van der Waals surface area contributed by atoms with Crippen LogP contribution in [0.2, 0.25) is 0 Å². The minimum atomic E-state index is -0.219. The maximum atomic E-state index is 13.6. The molecular weight excluding hydrogens is 269 g/mol. The van der Waals surface area contributed by atoms with Gasteiger partial charge < -0.3 is 10.2 Å². The fourth-order valence-corrected chi connectivity index (χ4v) is 2.43. The highest BCUT2D eigenvalue weighted by atomic mass is 19.1. The number of benzene rings is 1. The van der Waals surface area contributed by atoms with Gasteiger partial charge in [0, 0.05) is 25.2 Å². The van der Waals surface area contributed by atoms with Gasteiger partial charge in [-0.2, -0.15) is 10.1 Å². The largest absolute Gasteiger partial charge is 0.364 e. The van der Waals surface area contributed by atoms with Crippen molar-refractivity contribution in [2.75, 3.05) is 23.3 Å². The van der Waals surface area contributed by atoms with Gasteiger partial charge in [0.1, 0.15) is 5.82 Å². The Morgan fingerprint density at radius 1 is 1.14 bits per heavy atom. The number of piperidine rings is 1. The van der Waals surface area contributed by atoms with Crippen molar-refractivity contribution in [3.63, 3.8) is 0 Å². The van der Waals surface area contributed by atoms with E-state index in [9.17, 15) is 4.39 Å². The molecule has 1 N–H and O–H groups in total. The van der Waals surface area contributed by atoms with Gasteiger partial charge in [-0.15, -0.1) is 5.10 Å². The van der Waals surface area contributed by atoms with E-state index in [1.807, 2.05) is 6.07 Å². The summed E-state index contributed by atoms with van der Waals surface area (Å²) in [7, 11) is 0. The van der Waals surface area contributed by atoms with Crippen LogP contribution in [0.4, 0.5) is 16.2 Å². The molecule has 0 spiro atoms. The van der Waals surface area contributed by atoms with Gasteiger partial charge in [0.05, 0.1) is 6.20 Å². The van der Waals surface area contributed by atoms with Crippen molar-refractivity contribution >= 4 is 11.8 Å². The fourth-order valence-electron chi connectivity index (χ4n) is 2.43. The number of anilines is 2. The molecule has 0 unspecified atom stereocenters. The zero-order valence-electron chi connectivity index (χ0n) is 11.8. The fraction of sp³-hybridized carbons (Fsp3) is 0.400. The second-order valence-electron chi connectivity index (χ2n) is 5.13. The maximum absolute atomic E-state index is 13.6. The van der Waals surface area contributed by atoms with Crippen LogP contribution in [0.15, 0.2) is 30.5 Å². The Balaban J connectivity index is 1.67. The molecule has 110 valence electrons. The number of hydrogen-bond donors (Lipinski definition) is 1. The highest BCUT2D eigenvalue weighted by Gasteiger charge is 2.14. The first-order valence-corrected chi connectivity index (χ1v) is 7.25. The topological polar surface area (TPSA) is 53.9 Å². The number of rotatable bonds is 4. The van der Waals surface area contributed by atoms with E-state index in [0.717, 1.165) is 25.9 Å². The summed E-state index contributed by atoms with van der Waals surface area (Å²) < 4.78 is 13.6. The summed E-state index contributed by atoms with van der Waals surface area (Å²) >= 11 is 0. The Bertz CT molecular complexity index is 598. The van der Waals surface area contributed by atoms with Gasteiger partial charge in [-0.05, 0) is 25.3 Å². The summed E-state index contributed by atoms with van der Waals surface area (Å²) in [4.78, 5) is 6.60. The predicted molar refractivity (Wildman–Crippen MR) is 79.6 cm³/mol. The first-order valence-electron chi connectivity index (χ1n) is 7.25. The molecule has 2 aromatic rings. The number of hydrogen-bond acceptors (Lipinski definition) is 5. The average molecular weight is 287 g/mol. The Hall–Kier alpha value is -2.24. The molecule has 1 aromatic carbocycles. The molecule has 0 bridgehead atoms. The standard InChI is InChI=1S/C15H18FN5/c16-13-7-3-2-6-12(13)10-17-14-11-18-20-15(19-14)21-8-4-1-5-9-21/h2-3,6-7,11H,1,4-5,8-10H2,(H,17,19,20). The van der Waals surface area contributed by atoms with E-state index in [0.29, 0.717) is 23.9 Å². The van der Waals surface area contributed by atoms with Crippen molar-refractivity contribution in [3.8, 4) is 0 Å². The third kappa shape index (κ3) is 3.45. The first kappa shape index (κ1) is 13.7. The molecule has 5 nitrogen and oxygen atoms in total. The summed E-state index contributed by atoms with van der Waals surface area (Å²) in [6, 6.07) is 6.70. The van der Waals surface area contributed by atoms with Crippen molar-refractivity contribution < 1.29 is 4.39 Å². The van der Waals surface area contributed by atoms with Crippen LogP contribution in [0.3, 0.4) is 0 Å². The SMILES string of the molecule is Fc1ccccc1CNc1cnnc(N2CCCCC2)n1. The Morgan fingerprint density at radius 2 is 1.95 bits per heavy atom. The van der Waals surface area contributed by atoms with Crippen LogP contribution in [0.5, 0.6) is 0 Å². The van der Waals surface area contributed by atoms with Gasteiger partial charge in [0.25, 0.3) is 0 Å². The van der Waals surface area contributed by atoms with Gasteiger partial charge >= 0.3 is 0 Å². The lowest BCUT2D eigenvalue weighted by molar-refractivity contribution is 0.565. The molecule has 3 rings (SSSR count).